The number of imidazole rings is 1. The number of nitrogens with zero attached hydrogens (tertiary/aromatic N) is 3. The molecule has 2 aromatic rings. The number of carbonyl (C=O) groups is 1. The van der Waals surface area contributed by atoms with E-state index in [1.807, 2.05) is 37.4 Å². The fourth-order valence-electron chi connectivity index (χ4n) is 2.47. The van der Waals surface area contributed by atoms with E-state index in [9.17, 15) is 4.79 Å². The average Bonchev–Trinajstić information content (AvgIpc) is 2.94. The standard InChI is InChI=1S/C15H18N4O/c1-11-2-4-12(5-3-11)14(16)15(20)19-9-8-18-7-6-17-13(18)10-19/h2-7,14H,8-10,16H2,1H3. The predicted molar refractivity (Wildman–Crippen MR) is 75.8 cm³/mol. The predicted octanol–water partition coefficient (Wildman–Crippen LogP) is 1.23. The van der Waals surface area contributed by atoms with Gasteiger partial charge >= 0.3 is 0 Å². The summed E-state index contributed by atoms with van der Waals surface area (Å²) in [6.45, 7) is 4.01. The highest BCUT2D eigenvalue weighted by atomic mass is 16.2. The van der Waals surface area contributed by atoms with E-state index in [0.29, 0.717) is 13.1 Å². The zero-order valence-corrected chi connectivity index (χ0v) is 11.5. The molecule has 1 aromatic heterocycles. The Hall–Kier alpha value is -2.14. The van der Waals surface area contributed by atoms with Crippen LogP contribution in [0.25, 0.3) is 0 Å². The van der Waals surface area contributed by atoms with Crippen molar-refractivity contribution in [1.29, 1.82) is 0 Å². The van der Waals surface area contributed by atoms with Crippen molar-refractivity contribution in [3.63, 3.8) is 0 Å². The number of carbonyl (C=O) groups excluding carboxylic acids is 1. The summed E-state index contributed by atoms with van der Waals surface area (Å²) in [5.74, 6) is 0.879. The van der Waals surface area contributed by atoms with Gasteiger partial charge in [0.05, 0.1) is 6.54 Å². The topological polar surface area (TPSA) is 64.2 Å². The van der Waals surface area contributed by atoms with Crippen LogP contribution in [0.5, 0.6) is 0 Å². The van der Waals surface area contributed by atoms with E-state index in [0.717, 1.165) is 23.5 Å². The number of hydrogen-bond donors (Lipinski definition) is 1. The zero-order chi connectivity index (χ0) is 14.1. The maximum atomic E-state index is 12.5. The molecule has 0 saturated heterocycles. The second-order valence-corrected chi connectivity index (χ2v) is 5.19. The summed E-state index contributed by atoms with van der Waals surface area (Å²) < 4.78 is 2.07. The molecule has 1 unspecified atom stereocenters. The molecule has 1 aromatic carbocycles. The molecule has 0 spiro atoms. The minimum Gasteiger partial charge on any atom is -0.332 e. The Balaban J connectivity index is 1.74. The van der Waals surface area contributed by atoms with Gasteiger partial charge in [-0.2, -0.15) is 0 Å². The first-order valence-electron chi connectivity index (χ1n) is 6.76. The number of rotatable bonds is 2. The SMILES string of the molecule is Cc1ccc(C(N)C(=O)N2CCn3ccnc3C2)cc1. The van der Waals surface area contributed by atoms with E-state index in [-0.39, 0.29) is 5.91 Å². The van der Waals surface area contributed by atoms with Gasteiger partial charge in [0.1, 0.15) is 11.9 Å². The molecule has 104 valence electrons. The third-order valence-corrected chi connectivity index (χ3v) is 3.76. The van der Waals surface area contributed by atoms with Crippen LogP contribution in [-0.4, -0.2) is 26.9 Å². The summed E-state index contributed by atoms with van der Waals surface area (Å²) in [5.41, 5.74) is 8.11. The van der Waals surface area contributed by atoms with Crippen molar-refractivity contribution in [1.82, 2.24) is 14.5 Å². The number of nitrogens with two attached hydrogens (primary N) is 1. The van der Waals surface area contributed by atoms with Gasteiger partial charge in [-0.25, -0.2) is 4.98 Å². The van der Waals surface area contributed by atoms with Gasteiger partial charge in [0, 0.05) is 25.5 Å². The summed E-state index contributed by atoms with van der Waals surface area (Å²) >= 11 is 0. The third kappa shape index (κ3) is 2.32. The summed E-state index contributed by atoms with van der Waals surface area (Å²) in [7, 11) is 0. The molecule has 0 aliphatic carbocycles. The molecule has 5 nitrogen and oxygen atoms in total. The van der Waals surface area contributed by atoms with Gasteiger partial charge in [-0.05, 0) is 12.5 Å². The summed E-state index contributed by atoms with van der Waals surface area (Å²) in [4.78, 5) is 18.5. The first-order valence-corrected chi connectivity index (χ1v) is 6.76. The van der Waals surface area contributed by atoms with Crippen LogP contribution in [0.4, 0.5) is 0 Å². The van der Waals surface area contributed by atoms with Gasteiger partial charge in [0.25, 0.3) is 0 Å². The number of benzene rings is 1. The molecule has 1 aliphatic rings. The molecular weight excluding hydrogens is 252 g/mol. The Kier molecular flexibility index (Phi) is 3.28. The molecule has 2 N–H and O–H groups in total. The maximum absolute atomic E-state index is 12.5. The highest BCUT2D eigenvalue weighted by Gasteiger charge is 2.26. The smallest absolute Gasteiger partial charge is 0.244 e. The monoisotopic (exact) mass is 270 g/mol. The van der Waals surface area contributed by atoms with E-state index in [4.69, 9.17) is 5.73 Å². The van der Waals surface area contributed by atoms with Crippen LogP contribution < -0.4 is 5.73 Å². The van der Waals surface area contributed by atoms with E-state index < -0.39 is 6.04 Å². The van der Waals surface area contributed by atoms with Crippen LogP contribution >= 0.6 is 0 Å². The number of aryl methyl sites for hydroxylation is 1. The normalized spacial score (nSPS) is 15.8. The fourth-order valence-corrected chi connectivity index (χ4v) is 2.47. The molecule has 0 radical (unpaired) electrons. The molecule has 1 atom stereocenters. The first kappa shape index (κ1) is 12.9. The minimum atomic E-state index is -0.600. The lowest BCUT2D eigenvalue weighted by molar-refractivity contribution is -0.134. The van der Waals surface area contributed by atoms with Gasteiger partial charge in [-0.15, -0.1) is 0 Å². The zero-order valence-electron chi connectivity index (χ0n) is 11.5. The molecule has 2 heterocycles. The van der Waals surface area contributed by atoms with Gasteiger partial charge in [0.2, 0.25) is 5.91 Å². The number of aromatic nitrogens is 2. The van der Waals surface area contributed by atoms with Crippen molar-refractivity contribution in [3.8, 4) is 0 Å². The molecule has 5 heteroatoms. The van der Waals surface area contributed by atoms with Crippen LogP contribution in [0.1, 0.15) is 23.0 Å². The van der Waals surface area contributed by atoms with E-state index >= 15 is 0 Å². The second-order valence-electron chi connectivity index (χ2n) is 5.19. The van der Waals surface area contributed by atoms with Crippen molar-refractivity contribution in [2.45, 2.75) is 26.1 Å². The molecule has 0 fully saturated rings. The molecule has 3 rings (SSSR count). The molecule has 1 aliphatic heterocycles. The molecular formula is C15H18N4O. The molecule has 0 saturated carbocycles. The fraction of sp³-hybridized carbons (Fsp3) is 0.333. The van der Waals surface area contributed by atoms with E-state index in [1.54, 1.807) is 11.1 Å². The van der Waals surface area contributed by atoms with Gasteiger partial charge in [-0.1, -0.05) is 29.8 Å². The van der Waals surface area contributed by atoms with Crippen molar-refractivity contribution in [2.24, 2.45) is 5.73 Å². The molecule has 20 heavy (non-hydrogen) atoms. The lowest BCUT2D eigenvalue weighted by Gasteiger charge is -2.29. The lowest BCUT2D eigenvalue weighted by Crippen LogP contribution is -2.43. The summed E-state index contributed by atoms with van der Waals surface area (Å²) in [5, 5.41) is 0. The Labute approximate surface area is 118 Å². The Morgan fingerprint density at radius 2 is 2.05 bits per heavy atom. The number of fused-ring (bicyclic) bond motifs is 1. The first-order chi connectivity index (χ1) is 9.65. The minimum absolute atomic E-state index is 0.0388. The summed E-state index contributed by atoms with van der Waals surface area (Å²) in [6.07, 6.45) is 3.71. The molecule has 0 bridgehead atoms. The van der Waals surface area contributed by atoms with Crippen molar-refractivity contribution >= 4 is 5.91 Å². The van der Waals surface area contributed by atoms with Crippen molar-refractivity contribution in [3.05, 3.63) is 53.6 Å². The van der Waals surface area contributed by atoms with Crippen LogP contribution in [0.15, 0.2) is 36.7 Å². The summed E-state index contributed by atoms with van der Waals surface area (Å²) in [6, 6.07) is 7.19. The van der Waals surface area contributed by atoms with Gasteiger partial charge < -0.3 is 15.2 Å². The quantitative estimate of drug-likeness (QED) is 0.892. The molecule has 1 amide bonds. The lowest BCUT2D eigenvalue weighted by atomic mass is 10.0. The largest absolute Gasteiger partial charge is 0.332 e. The highest BCUT2D eigenvalue weighted by molar-refractivity contribution is 5.83. The van der Waals surface area contributed by atoms with Crippen LogP contribution in [0.2, 0.25) is 0 Å². The van der Waals surface area contributed by atoms with Crippen LogP contribution in [-0.2, 0) is 17.9 Å². The second kappa shape index (κ2) is 5.09. The highest BCUT2D eigenvalue weighted by Crippen LogP contribution is 2.18. The number of hydrogen-bond acceptors (Lipinski definition) is 3. The Morgan fingerprint density at radius 1 is 1.30 bits per heavy atom. The Bertz CT molecular complexity index is 617. The van der Waals surface area contributed by atoms with E-state index in [2.05, 4.69) is 9.55 Å². The van der Waals surface area contributed by atoms with Crippen LogP contribution in [0.3, 0.4) is 0 Å². The van der Waals surface area contributed by atoms with Crippen molar-refractivity contribution < 1.29 is 4.79 Å². The van der Waals surface area contributed by atoms with Gasteiger partial charge in [-0.3, -0.25) is 4.79 Å². The third-order valence-electron chi connectivity index (χ3n) is 3.76. The van der Waals surface area contributed by atoms with Crippen LogP contribution in [0, 0.1) is 6.92 Å². The maximum Gasteiger partial charge on any atom is 0.244 e. The Morgan fingerprint density at radius 3 is 2.80 bits per heavy atom. The van der Waals surface area contributed by atoms with Crippen molar-refractivity contribution in [2.75, 3.05) is 6.54 Å². The van der Waals surface area contributed by atoms with Gasteiger partial charge in [0.15, 0.2) is 0 Å². The average molecular weight is 270 g/mol. The van der Waals surface area contributed by atoms with E-state index in [1.165, 1.54) is 0 Å². The number of amides is 1.